The van der Waals surface area contributed by atoms with Gasteiger partial charge in [0.2, 0.25) is 11.6 Å². The van der Waals surface area contributed by atoms with Crippen LogP contribution in [0.3, 0.4) is 0 Å². The number of aliphatic carboxylic acids is 1. The minimum absolute atomic E-state index is 0.00913. The number of carboxylic acids is 1. The van der Waals surface area contributed by atoms with Gasteiger partial charge in [0.1, 0.15) is 35.0 Å². The van der Waals surface area contributed by atoms with E-state index in [1.54, 1.807) is 27.8 Å². The van der Waals surface area contributed by atoms with E-state index in [4.69, 9.17) is 9.57 Å². The van der Waals surface area contributed by atoms with Gasteiger partial charge in [-0.2, -0.15) is 0 Å². The number of tetrazole rings is 1. The number of hydrogen-bond donors (Lipinski definition) is 4. The minimum atomic E-state index is -1.27. The number of aryl methyl sites for hydroxylation is 1. The average Bonchev–Trinajstić information content (AvgIpc) is 3.59. The maximum absolute atomic E-state index is 13.3. The van der Waals surface area contributed by atoms with Crippen molar-refractivity contribution in [2.24, 2.45) is 12.2 Å². The van der Waals surface area contributed by atoms with E-state index in [2.05, 4.69) is 41.6 Å². The van der Waals surface area contributed by atoms with Crippen LogP contribution in [0.25, 0.3) is 0 Å². The van der Waals surface area contributed by atoms with Gasteiger partial charge in [0.15, 0.2) is 10.8 Å². The van der Waals surface area contributed by atoms with Gasteiger partial charge in [-0.1, -0.05) is 16.9 Å². The van der Waals surface area contributed by atoms with E-state index in [1.165, 1.54) is 33.6 Å². The number of rotatable bonds is 13. The molecule has 2 aliphatic rings. The number of oxime groups is 1. The van der Waals surface area contributed by atoms with Crippen molar-refractivity contribution in [3.05, 3.63) is 22.3 Å². The van der Waals surface area contributed by atoms with Crippen molar-refractivity contribution in [3.63, 3.8) is 0 Å². The molecule has 0 radical (unpaired) electrons. The molecule has 2 aromatic rings. The lowest BCUT2D eigenvalue weighted by Crippen LogP contribution is -2.71. The van der Waals surface area contributed by atoms with Crippen LogP contribution in [0.5, 0.6) is 0 Å². The summed E-state index contributed by atoms with van der Waals surface area (Å²) in [6.07, 6.45) is -0.239. The van der Waals surface area contributed by atoms with Crippen LogP contribution in [0.15, 0.2) is 27.0 Å². The zero-order chi connectivity index (χ0) is 32.0. The highest BCUT2D eigenvalue weighted by atomic mass is 32.2. The molecule has 0 aromatic carbocycles. The average molecular weight is 669 g/mol. The second-order valence-corrected chi connectivity index (χ2v) is 12.9. The van der Waals surface area contributed by atoms with Gasteiger partial charge >= 0.3 is 12.1 Å². The number of thioether (sulfide) groups is 2. The van der Waals surface area contributed by atoms with E-state index < -0.39 is 40.9 Å². The van der Waals surface area contributed by atoms with Gasteiger partial charge in [-0.3, -0.25) is 19.3 Å². The Morgan fingerprint density at radius 1 is 1.32 bits per heavy atom. The van der Waals surface area contributed by atoms with Crippen molar-refractivity contribution in [2.45, 2.75) is 42.9 Å². The highest BCUT2D eigenvalue weighted by Gasteiger charge is 2.54. The molecule has 0 spiro atoms. The Balaban J connectivity index is 1.44. The van der Waals surface area contributed by atoms with Gasteiger partial charge in [-0.05, 0) is 36.8 Å². The van der Waals surface area contributed by atoms with Crippen molar-refractivity contribution in [3.8, 4) is 0 Å². The molecule has 4 rings (SSSR count). The summed E-state index contributed by atoms with van der Waals surface area (Å²) in [6, 6.07) is -1.05. The zero-order valence-electron chi connectivity index (χ0n) is 23.8. The third-order valence-corrected chi connectivity index (χ3v) is 8.86. The molecule has 21 heteroatoms. The summed E-state index contributed by atoms with van der Waals surface area (Å²) < 4.78 is 6.59. The van der Waals surface area contributed by atoms with Crippen LogP contribution >= 0.6 is 34.9 Å². The van der Waals surface area contributed by atoms with Crippen LogP contribution in [0.1, 0.15) is 26.5 Å². The summed E-state index contributed by atoms with van der Waals surface area (Å²) >= 11 is 3.56. The molecular weight excluding hydrogens is 641 g/mol. The number of ether oxygens (including phenoxy) is 1. The molecule has 44 heavy (non-hydrogen) atoms. The summed E-state index contributed by atoms with van der Waals surface area (Å²) in [5.74, 6) is -2.16. The number of carbonyl (C=O) groups is 5. The van der Waals surface area contributed by atoms with E-state index in [0.29, 0.717) is 22.9 Å². The van der Waals surface area contributed by atoms with Crippen molar-refractivity contribution < 1.29 is 38.7 Å². The highest BCUT2D eigenvalue weighted by molar-refractivity contribution is 8.01. The molecule has 0 aliphatic carbocycles. The molecule has 0 saturated carbocycles. The molecule has 1 unspecified atom stereocenters. The first-order valence-corrected chi connectivity index (χ1v) is 15.7. The van der Waals surface area contributed by atoms with E-state index in [-0.39, 0.29) is 41.1 Å². The predicted molar refractivity (Wildman–Crippen MR) is 158 cm³/mol. The van der Waals surface area contributed by atoms with Crippen molar-refractivity contribution in [1.29, 1.82) is 0 Å². The lowest BCUT2D eigenvalue weighted by Gasteiger charge is -2.49. The first-order valence-electron chi connectivity index (χ1n) is 12.8. The van der Waals surface area contributed by atoms with Crippen molar-refractivity contribution in [2.75, 3.05) is 30.0 Å². The van der Waals surface area contributed by atoms with Crippen LogP contribution in [-0.2, 0) is 35.8 Å². The SMILES string of the molecule is Cn1nnnc1SCC1=C(C(=O)O)N2C(=O)C(NC(=O)/C(=N/OCCNC(=O)OC(C)(C)C)c3csc(NC=O)n3)[C@H]2SC1. The standard InChI is InChI=1S/C23H28N10O8S3/c1-23(2,3)41-22(39)24-5-6-40-29-13(12-9-43-20(26-12)25-10-34)16(35)27-14-17(36)33-15(19(37)38)11(7-42-18(14)33)8-44-21-28-30-31-32(21)4/h9-10,14,18H,5-8H2,1-4H3,(H,24,39)(H,27,35)(H,37,38)(H,25,26,34)/b29-13+/t14?,18-/m1/s1. The number of amides is 4. The number of fused-ring (bicyclic) bond motifs is 1. The first kappa shape index (κ1) is 32.7. The molecule has 2 aromatic heterocycles. The number of nitrogens with one attached hydrogen (secondary N) is 3. The Morgan fingerprint density at radius 2 is 2.09 bits per heavy atom. The molecule has 0 bridgehead atoms. The number of carboxylic acid groups (broad SMARTS) is 1. The van der Waals surface area contributed by atoms with Gasteiger partial charge in [0, 0.05) is 23.9 Å². The van der Waals surface area contributed by atoms with Crippen LogP contribution < -0.4 is 16.0 Å². The minimum Gasteiger partial charge on any atom is -0.477 e. The van der Waals surface area contributed by atoms with Gasteiger partial charge in [0.05, 0.1) is 6.54 Å². The Labute approximate surface area is 262 Å². The van der Waals surface area contributed by atoms with E-state index >= 15 is 0 Å². The molecule has 4 heterocycles. The third-order valence-electron chi connectivity index (χ3n) is 5.65. The Morgan fingerprint density at radius 3 is 2.75 bits per heavy atom. The maximum Gasteiger partial charge on any atom is 0.407 e. The molecule has 236 valence electrons. The largest absolute Gasteiger partial charge is 0.477 e. The van der Waals surface area contributed by atoms with Crippen molar-refractivity contribution >= 4 is 76.0 Å². The molecule has 2 aliphatic heterocycles. The van der Waals surface area contributed by atoms with Gasteiger partial charge in [-0.15, -0.1) is 28.2 Å². The molecule has 4 amide bonds. The Bertz CT molecular complexity index is 1500. The number of alkyl carbamates (subject to hydrolysis) is 1. The van der Waals surface area contributed by atoms with Crippen LogP contribution in [0.2, 0.25) is 0 Å². The second kappa shape index (κ2) is 14.0. The monoisotopic (exact) mass is 668 g/mol. The molecule has 18 nitrogen and oxygen atoms in total. The molecule has 2 atom stereocenters. The first-order chi connectivity index (χ1) is 20.9. The number of hydrogen-bond acceptors (Lipinski definition) is 15. The fourth-order valence-electron chi connectivity index (χ4n) is 3.83. The number of aromatic nitrogens is 5. The number of carbonyl (C=O) groups excluding carboxylic acids is 4. The number of nitrogens with zero attached hydrogens (tertiary/aromatic N) is 7. The third kappa shape index (κ3) is 7.82. The van der Waals surface area contributed by atoms with E-state index in [0.717, 1.165) is 16.2 Å². The molecular formula is C23H28N10O8S3. The van der Waals surface area contributed by atoms with Crippen LogP contribution in [-0.4, -0.2) is 113 Å². The zero-order valence-corrected chi connectivity index (χ0v) is 26.2. The number of β-lactam (4-membered cyclic amide) rings is 1. The Hall–Kier alpha value is -4.24. The van der Waals surface area contributed by atoms with Gasteiger partial charge < -0.3 is 30.6 Å². The summed E-state index contributed by atoms with van der Waals surface area (Å²) in [5.41, 5.74) is -0.564. The van der Waals surface area contributed by atoms with Crippen LogP contribution in [0.4, 0.5) is 9.93 Å². The van der Waals surface area contributed by atoms with E-state index in [1.807, 2.05) is 0 Å². The van der Waals surface area contributed by atoms with E-state index in [9.17, 15) is 29.1 Å². The van der Waals surface area contributed by atoms with Crippen molar-refractivity contribution in [1.82, 2.24) is 40.7 Å². The molecule has 4 N–H and O–H groups in total. The topological polar surface area (TPSA) is 232 Å². The second-order valence-electron chi connectivity index (χ2n) is 9.99. The maximum atomic E-state index is 13.3. The predicted octanol–water partition coefficient (Wildman–Crippen LogP) is 0.0112. The fraction of sp³-hybridized carbons (Fsp3) is 0.478. The molecule has 1 saturated heterocycles. The van der Waals surface area contributed by atoms with Crippen LogP contribution in [0, 0.1) is 0 Å². The number of thiazole rings is 1. The van der Waals surface area contributed by atoms with Gasteiger partial charge in [-0.25, -0.2) is 19.3 Å². The molecule has 1 fully saturated rings. The summed E-state index contributed by atoms with van der Waals surface area (Å²) in [6.45, 7) is 5.03. The smallest absolute Gasteiger partial charge is 0.407 e. The lowest BCUT2D eigenvalue weighted by atomic mass is 10.0. The fourth-order valence-corrected chi connectivity index (χ4v) is 6.82. The highest BCUT2D eigenvalue weighted by Crippen LogP contribution is 2.41. The summed E-state index contributed by atoms with van der Waals surface area (Å²) in [7, 11) is 1.65. The number of anilines is 1. The summed E-state index contributed by atoms with van der Waals surface area (Å²) in [4.78, 5) is 71.9. The van der Waals surface area contributed by atoms with Gasteiger partial charge in [0.25, 0.3) is 11.8 Å². The summed E-state index contributed by atoms with van der Waals surface area (Å²) in [5, 5.41) is 33.9. The Kier molecular flexibility index (Phi) is 10.4. The quantitative estimate of drug-likeness (QED) is 0.0550. The lowest BCUT2D eigenvalue weighted by molar-refractivity contribution is -0.150. The normalized spacial score (nSPS) is 18.2.